The van der Waals surface area contributed by atoms with E-state index in [2.05, 4.69) is 15.4 Å². The van der Waals surface area contributed by atoms with Gasteiger partial charge < -0.3 is 0 Å². The van der Waals surface area contributed by atoms with Crippen molar-refractivity contribution in [1.82, 2.24) is 20.0 Å². The van der Waals surface area contributed by atoms with E-state index in [1.54, 1.807) is 6.20 Å². The monoisotopic (exact) mass is 252 g/mol. The number of nitrogens with one attached hydrogen (secondary N) is 1. The molecule has 0 aliphatic carbocycles. The maximum absolute atomic E-state index is 11.6. The molecule has 17 heavy (non-hydrogen) atoms. The average molecular weight is 252 g/mol. The van der Waals surface area contributed by atoms with Crippen LogP contribution in [0.25, 0.3) is 0 Å². The van der Waals surface area contributed by atoms with Crippen LogP contribution in [0, 0.1) is 0 Å². The summed E-state index contributed by atoms with van der Waals surface area (Å²) in [5.41, 5.74) is 0.887. The van der Waals surface area contributed by atoms with Crippen molar-refractivity contribution in [2.75, 3.05) is 5.75 Å². The number of aryl methyl sites for hydroxylation is 2. The highest BCUT2D eigenvalue weighted by atomic mass is 32.2. The van der Waals surface area contributed by atoms with E-state index < -0.39 is 0 Å². The van der Waals surface area contributed by atoms with Crippen LogP contribution in [0.4, 0.5) is 0 Å². The van der Waals surface area contributed by atoms with Crippen molar-refractivity contribution in [2.45, 2.75) is 13.0 Å². The second-order valence-electron chi connectivity index (χ2n) is 3.68. The number of nitrogens with zero attached hydrogens (tertiary/aromatic N) is 4. The van der Waals surface area contributed by atoms with Crippen LogP contribution in [0.3, 0.4) is 0 Å². The van der Waals surface area contributed by atoms with E-state index >= 15 is 0 Å². The van der Waals surface area contributed by atoms with Crippen LogP contribution in [0.1, 0.15) is 5.69 Å². The van der Waals surface area contributed by atoms with Gasteiger partial charge in [0.15, 0.2) is 6.54 Å². The Labute approximate surface area is 103 Å². The highest BCUT2D eigenvalue weighted by Crippen LogP contribution is 2.06. The highest BCUT2D eigenvalue weighted by Gasteiger charge is 2.08. The van der Waals surface area contributed by atoms with Crippen LogP contribution in [0.15, 0.2) is 24.9 Å². The zero-order valence-corrected chi connectivity index (χ0v) is 10.4. The number of carbonyl (C=O) groups is 1. The lowest BCUT2D eigenvalue weighted by Gasteiger charge is -1.96. The Morgan fingerprint density at radius 3 is 3.18 bits per heavy atom. The minimum absolute atomic E-state index is 0.157. The van der Waals surface area contributed by atoms with Gasteiger partial charge in [-0.2, -0.15) is 15.4 Å². The molecule has 7 heteroatoms. The topological polar surface area (TPSA) is 67.4 Å². The first-order chi connectivity index (χ1) is 8.24. The van der Waals surface area contributed by atoms with Crippen LogP contribution >= 0.6 is 11.8 Å². The van der Waals surface area contributed by atoms with Crippen molar-refractivity contribution in [3.63, 3.8) is 0 Å². The summed E-state index contributed by atoms with van der Waals surface area (Å²) in [5, 5.41) is 10.4. The lowest BCUT2D eigenvalue weighted by molar-refractivity contribution is -0.671. The number of rotatable bonds is 5. The normalized spacial score (nSPS) is 10.6. The van der Waals surface area contributed by atoms with E-state index in [1.807, 2.05) is 34.9 Å². The van der Waals surface area contributed by atoms with Gasteiger partial charge in [-0.05, 0) is 0 Å². The molecule has 0 bridgehead atoms. The van der Waals surface area contributed by atoms with E-state index in [1.165, 1.54) is 11.8 Å². The van der Waals surface area contributed by atoms with Crippen LogP contribution in [0.5, 0.6) is 0 Å². The summed E-state index contributed by atoms with van der Waals surface area (Å²) in [7, 11) is 1.93. The van der Waals surface area contributed by atoms with Crippen molar-refractivity contribution < 1.29 is 9.36 Å². The van der Waals surface area contributed by atoms with Gasteiger partial charge in [0.05, 0.1) is 18.9 Å². The van der Waals surface area contributed by atoms with E-state index in [4.69, 9.17) is 0 Å². The van der Waals surface area contributed by atoms with E-state index in [0.717, 1.165) is 17.9 Å². The summed E-state index contributed by atoms with van der Waals surface area (Å²) < 4.78 is 3.78. The standard InChI is InChI=1S/C10H14N5OS/c1-14-3-4-15(8-14)7-10(16)17-5-2-9-6-11-13-12-9/h3-4,6,8H,2,5,7H2,1H3,(H,11,12,13)/q+1. The number of imidazole rings is 1. The highest BCUT2D eigenvalue weighted by molar-refractivity contribution is 8.13. The minimum atomic E-state index is 0.157. The van der Waals surface area contributed by atoms with Crippen molar-refractivity contribution in [2.24, 2.45) is 7.05 Å². The molecule has 6 nitrogen and oxygen atoms in total. The van der Waals surface area contributed by atoms with Crippen molar-refractivity contribution in [1.29, 1.82) is 0 Å². The van der Waals surface area contributed by atoms with Gasteiger partial charge in [0.1, 0.15) is 12.4 Å². The Bertz CT molecular complexity index is 479. The van der Waals surface area contributed by atoms with E-state index in [0.29, 0.717) is 6.54 Å². The van der Waals surface area contributed by atoms with Gasteiger partial charge >= 0.3 is 0 Å². The third kappa shape index (κ3) is 3.70. The molecular weight excluding hydrogens is 238 g/mol. The summed E-state index contributed by atoms with van der Waals surface area (Å²) >= 11 is 1.33. The van der Waals surface area contributed by atoms with Gasteiger partial charge in [0.25, 0.3) is 0 Å². The quantitative estimate of drug-likeness (QED) is 0.757. The zero-order chi connectivity index (χ0) is 12.1. The smallest absolute Gasteiger partial charge is 0.243 e. The van der Waals surface area contributed by atoms with E-state index in [-0.39, 0.29) is 5.12 Å². The third-order valence-electron chi connectivity index (χ3n) is 2.22. The maximum Gasteiger partial charge on any atom is 0.243 e. The summed E-state index contributed by atoms with van der Waals surface area (Å²) in [6.45, 7) is 0.407. The fraction of sp³-hybridized carbons (Fsp3) is 0.400. The fourth-order valence-electron chi connectivity index (χ4n) is 1.41. The predicted octanol–water partition coefficient (Wildman–Crippen LogP) is -0.0668. The molecule has 0 unspecified atom stereocenters. The fourth-order valence-corrected chi connectivity index (χ4v) is 2.18. The first-order valence-electron chi connectivity index (χ1n) is 5.25. The van der Waals surface area contributed by atoms with Gasteiger partial charge in [-0.25, -0.2) is 9.13 Å². The van der Waals surface area contributed by atoms with Crippen LogP contribution in [-0.4, -0.2) is 30.8 Å². The molecule has 90 valence electrons. The molecule has 0 saturated heterocycles. The van der Waals surface area contributed by atoms with Gasteiger partial charge in [0, 0.05) is 12.2 Å². The number of hydrogen-bond donors (Lipinski definition) is 1. The number of aromatic nitrogens is 5. The SMILES string of the molecule is C[n+]1ccn(CC(=O)SCCc2cn[nH]n2)c1. The molecule has 2 heterocycles. The molecule has 0 radical (unpaired) electrons. The van der Waals surface area contributed by atoms with Gasteiger partial charge in [-0.1, -0.05) is 11.8 Å². The lowest BCUT2D eigenvalue weighted by atomic mass is 10.4. The molecule has 0 fully saturated rings. The summed E-state index contributed by atoms with van der Waals surface area (Å²) in [4.78, 5) is 11.6. The Hall–Kier alpha value is -1.63. The van der Waals surface area contributed by atoms with Crippen molar-refractivity contribution in [3.8, 4) is 0 Å². The molecule has 0 amide bonds. The zero-order valence-electron chi connectivity index (χ0n) is 9.54. The molecule has 2 aromatic heterocycles. The molecule has 2 aromatic rings. The third-order valence-corrected chi connectivity index (χ3v) is 3.08. The Kier molecular flexibility index (Phi) is 3.92. The first-order valence-corrected chi connectivity index (χ1v) is 6.24. The second kappa shape index (κ2) is 5.62. The number of thioether (sulfide) groups is 1. The van der Waals surface area contributed by atoms with Crippen LogP contribution < -0.4 is 4.57 Å². The molecule has 0 spiro atoms. The summed E-state index contributed by atoms with van der Waals surface area (Å²) in [6.07, 6.45) is 8.11. The first kappa shape index (κ1) is 11.8. The summed E-state index contributed by atoms with van der Waals surface area (Å²) in [6, 6.07) is 0. The molecule has 0 aliphatic heterocycles. The van der Waals surface area contributed by atoms with Crippen LogP contribution in [-0.2, 0) is 24.8 Å². The number of hydrogen-bond acceptors (Lipinski definition) is 4. The Morgan fingerprint density at radius 2 is 2.53 bits per heavy atom. The largest absolute Gasteiger partial charge is 0.283 e. The van der Waals surface area contributed by atoms with Gasteiger partial charge in [-0.3, -0.25) is 4.79 Å². The van der Waals surface area contributed by atoms with Crippen LogP contribution in [0.2, 0.25) is 0 Å². The number of H-pyrrole nitrogens is 1. The van der Waals surface area contributed by atoms with Gasteiger partial charge in [-0.15, -0.1) is 0 Å². The minimum Gasteiger partial charge on any atom is -0.283 e. The maximum atomic E-state index is 11.6. The molecular formula is C10H14N5OS+. The average Bonchev–Trinajstić information content (AvgIpc) is 2.90. The number of carbonyl (C=O) groups excluding carboxylic acids is 1. The molecule has 2 rings (SSSR count). The molecule has 0 atom stereocenters. The second-order valence-corrected chi connectivity index (χ2v) is 4.84. The molecule has 0 aliphatic rings. The summed E-state index contributed by atoms with van der Waals surface area (Å²) in [5.74, 6) is 0.735. The molecule has 1 N–H and O–H groups in total. The number of aromatic amines is 1. The van der Waals surface area contributed by atoms with Crippen molar-refractivity contribution >= 4 is 16.9 Å². The molecule has 0 aromatic carbocycles. The van der Waals surface area contributed by atoms with Crippen molar-refractivity contribution in [3.05, 3.63) is 30.6 Å². The Morgan fingerprint density at radius 1 is 1.65 bits per heavy atom. The lowest BCUT2D eigenvalue weighted by Crippen LogP contribution is -2.24. The Balaban J connectivity index is 1.71. The van der Waals surface area contributed by atoms with E-state index in [9.17, 15) is 4.79 Å². The predicted molar refractivity (Wildman–Crippen MR) is 63.2 cm³/mol. The molecule has 0 saturated carbocycles. The van der Waals surface area contributed by atoms with Gasteiger partial charge in [0.2, 0.25) is 11.4 Å².